The number of aromatic nitrogens is 1. The van der Waals surface area contributed by atoms with Crippen LogP contribution < -0.4 is 20.1 Å². The van der Waals surface area contributed by atoms with Gasteiger partial charge in [-0.3, -0.25) is 9.69 Å². The summed E-state index contributed by atoms with van der Waals surface area (Å²) in [6.07, 6.45) is 5.28. The summed E-state index contributed by atoms with van der Waals surface area (Å²) < 4.78 is 0. The first kappa shape index (κ1) is 18.0. The number of nitrogens with one attached hydrogen (secondary N) is 3. The van der Waals surface area contributed by atoms with E-state index in [0.29, 0.717) is 0 Å². The summed E-state index contributed by atoms with van der Waals surface area (Å²) in [6.45, 7) is 5.99. The Balaban J connectivity index is 1.34. The number of fused-ring (bicyclic) bond motifs is 1. The van der Waals surface area contributed by atoms with Gasteiger partial charge in [0.15, 0.2) is 6.04 Å². The van der Waals surface area contributed by atoms with E-state index < -0.39 is 0 Å². The van der Waals surface area contributed by atoms with Crippen LogP contribution >= 0.6 is 0 Å². The molecule has 4 rings (SSSR count). The second-order valence-corrected chi connectivity index (χ2v) is 7.77. The third-order valence-electron chi connectivity index (χ3n) is 6.13. The number of hydrogen-bond acceptors (Lipinski definition) is 2. The summed E-state index contributed by atoms with van der Waals surface area (Å²) >= 11 is 0. The van der Waals surface area contributed by atoms with Gasteiger partial charge in [0, 0.05) is 6.07 Å². The maximum Gasteiger partial charge on any atom is 0.278 e. The molecule has 2 aromatic rings. The lowest BCUT2D eigenvalue weighted by atomic mass is 9.87. The van der Waals surface area contributed by atoms with E-state index in [2.05, 4.69) is 58.5 Å². The predicted molar refractivity (Wildman–Crippen MR) is 106 cm³/mol. The minimum Gasteiger partial charge on any atom is -0.344 e. The van der Waals surface area contributed by atoms with E-state index in [1.54, 1.807) is 0 Å². The van der Waals surface area contributed by atoms with Gasteiger partial charge in [0.25, 0.3) is 11.7 Å². The highest BCUT2D eigenvalue weighted by atomic mass is 16.2. The van der Waals surface area contributed by atoms with Crippen molar-refractivity contribution >= 4 is 11.7 Å². The van der Waals surface area contributed by atoms with Gasteiger partial charge in [-0.2, -0.15) is 0 Å². The molecule has 2 heterocycles. The molecule has 27 heavy (non-hydrogen) atoms. The molecule has 2 atom stereocenters. The van der Waals surface area contributed by atoms with Crippen LogP contribution in [0.2, 0.25) is 0 Å². The number of nitrogens with zero attached hydrogens (tertiary/aromatic N) is 1. The van der Waals surface area contributed by atoms with Crippen LogP contribution in [-0.4, -0.2) is 38.1 Å². The highest BCUT2D eigenvalue weighted by molar-refractivity contribution is 5.80. The minimum absolute atomic E-state index is 0.0130. The first-order chi connectivity index (χ1) is 13.2. The van der Waals surface area contributed by atoms with Crippen molar-refractivity contribution in [3.05, 3.63) is 59.8 Å². The van der Waals surface area contributed by atoms with Crippen molar-refractivity contribution in [2.75, 3.05) is 31.1 Å². The molecule has 0 saturated carbocycles. The Kier molecular flexibility index (Phi) is 5.39. The van der Waals surface area contributed by atoms with E-state index in [1.165, 1.54) is 16.0 Å². The standard InChI is InChI=1S/C22H28N4O/c1-17(25-13-15-26(16-14-25)21-11-4-5-12-23-21)22(27)24-20-10-6-8-18-7-2-3-9-19(18)20/h2-5,7,9,11-12,17,20H,6,8,10,13-16H2,1H3,(H,24,27)/p+2/t17-,20-/m0/s1. The topological polar surface area (TPSA) is 50.9 Å². The monoisotopic (exact) mass is 366 g/mol. The van der Waals surface area contributed by atoms with Crippen LogP contribution in [0.25, 0.3) is 0 Å². The molecule has 1 fully saturated rings. The molecule has 0 spiro atoms. The number of hydrogen-bond donors (Lipinski definition) is 2. The summed E-state index contributed by atoms with van der Waals surface area (Å²) in [5, 5.41) is 3.34. The van der Waals surface area contributed by atoms with Crippen LogP contribution in [0.1, 0.15) is 36.9 Å². The van der Waals surface area contributed by atoms with Crippen molar-refractivity contribution in [1.29, 1.82) is 0 Å². The van der Waals surface area contributed by atoms with Gasteiger partial charge in [-0.05, 0) is 43.4 Å². The smallest absolute Gasteiger partial charge is 0.278 e. The highest BCUT2D eigenvalue weighted by Crippen LogP contribution is 2.29. The van der Waals surface area contributed by atoms with Crippen molar-refractivity contribution in [3.8, 4) is 0 Å². The fourth-order valence-corrected chi connectivity index (χ4v) is 4.43. The van der Waals surface area contributed by atoms with Crippen LogP contribution in [0.3, 0.4) is 0 Å². The average Bonchev–Trinajstić information content (AvgIpc) is 2.74. The van der Waals surface area contributed by atoms with E-state index in [-0.39, 0.29) is 18.0 Å². The van der Waals surface area contributed by atoms with Crippen LogP contribution in [0, 0.1) is 0 Å². The SMILES string of the molecule is C[C@@H](C(=O)N[C@H]1CCCc2ccccc21)[NH+]1CCN(c2cccc[nH+]2)CC1. The number of rotatable bonds is 4. The van der Waals surface area contributed by atoms with E-state index in [0.717, 1.165) is 51.3 Å². The molecule has 0 radical (unpaired) electrons. The van der Waals surface area contributed by atoms with Gasteiger partial charge >= 0.3 is 0 Å². The number of carbonyl (C=O) groups excluding carboxylic acids is 1. The number of carbonyl (C=O) groups is 1. The Bertz CT molecular complexity index is 771. The summed E-state index contributed by atoms with van der Waals surface area (Å²) in [6, 6.07) is 14.9. The number of aromatic amines is 1. The number of H-pyrrole nitrogens is 1. The molecule has 2 aliphatic rings. The van der Waals surface area contributed by atoms with Gasteiger partial charge in [0.05, 0.1) is 12.2 Å². The second kappa shape index (κ2) is 8.09. The highest BCUT2D eigenvalue weighted by Gasteiger charge is 2.33. The summed E-state index contributed by atoms with van der Waals surface area (Å²) in [7, 11) is 0. The molecule has 0 bridgehead atoms. The molecule has 1 saturated heterocycles. The molecule has 1 aliphatic carbocycles. The number of quaternary nitrogens is 1. The molecular weight excluding hydrogens is 336 g/mol. The first-order valence-electron chi connectivity index (χ1n) is 10.2. The van der Waals surface area contributed by atoms with Gasteiger partial charge in [0.1, 0.15) is 26.2 Å². The molecule has 5 heteroatoms. The maximum atomic E-state index is 12.9. The third-order valence-corrected chi connectivity index (χ3v) is 6.13. The van der Waals surface area contributed by atoms with Gasteiger partial charge in [-0.1, -0.05) is 30.3 Å². The Morgan fingerprint density at radius 2 is 1.96 bits per heavy atom. The number of piperazine rings is 1. The molecule has 142 valence electrons. The number of aryl methyl sites for hydroxylation is 1. The molecule has 1 aromatic heterocycles. The Morgan fingerprint density at radius 3 is 2.74 bits per heavy atom. The van der Waals surface area contributed by atoms with Crippen molar-refractivity contribution < 1.29 is 14.7 Å². The predicted octanol–water partition coefficient (Wildman–Crippen LogP) is 0.788. The molecule has 3 N–H and O–H groups in total. The van der Waals surface area contributed by atoms with Gasteiger partial charge < -0.3 is 10.2 Å². The first-order valence-corrected chi connectivity index (χ1v) is 10.2. The third kappa shape index (κ3) is 3.98. The molecular formula is C22H30N4O+2. The van der Waals surface area contributed by atoms with Crippen LogP contribution in [-0.2, 0) is 11.2 Å². The Morgan fingerprint density at radius 1 is 1.19 bits per heavy atom. The maximum absolute atomic E-state index is 12.9. The van der Waals surface area contributed by atoms with E-state index in [4.69, 9.17) is 0 Å². The second-order valence-electron chi connectivity index (χ2n) is 7.77. The summed E-state index contributed by atoms with van der Waals surface area (Å²) in [5.74, 6) is 1.35. The van der Waals surface area contributed by atoms with E-state index in [1.807, 2.05) is 12.3 Å². The van der Waals surface area contributed by atoms with Crippen molar-refractivity contribution in [2.45, 2.75) is 38.3 Å². The number of benzene rings is 1. The molecule has 5 nitrogen and oxygen atoms in total. The lowest BCUT2D eigenvalue weighted by Gasteiger charge is -2.33. The quantitative estimate of drug-likeness (QED) is 0.841. The van der Waals surface area contributed by atoms with Crippen molar-refractivity contribution in [1.82, 2.24) is 5.32 Å². The number of anilines is 1. The zero-order valence-electron chi connectivity index (χ0n) is 16.1. The normalized spacial score (nSPS) is 21.4. The van der Waals surface area contributed by atoms with Gasteiger partial charge in [-0.15, -0.1) is 0 Å². The Hall–Kier alpha value is -2.40. The van der Waals surface area contributed by atoms with Crippen molar-refractivity contribution in [3.63, 3.8) is 0 Å². The van der Waals surface area contributed by atoms with Crippen LogP contribution in [0.5, 0.6) is 0 Å². The molecule has 1 aliphatic heterocycles. The van der Waals surface area contributed by atoms with Crippen LogP contribution in [0.4, 0.5) is 5.82 Å². The Labute approximate surface area is 161 Å². The number of pyridine rings is 1. The lowest BCUT2D eigenvalue weighted by molar-refractivity contribution is -0.914. The lowest BCUT2D eigenvalue weighted by Crippen LogP contribution is -3.19. The van der Waals surface area contributed by atoms with E-state index >= 15 is 0 Å². The fraction of sp³-hybridized carbons (Fsp3) is 0.455. The average molecular weight is 367 g/mol. The summed E-state index contributed by atoms with van der Waals surface area (Å²) in [5.41, 5.74) is 2.70. The molecule has 1 amide bonds. The largest absolute Gasteiger partial charge is 0.344 e. The van der Waals surface area contributed by atoms with Gasteiger partial charge in [-0.25, -0.2) is 4.98 Å². The van der Waals surface area contributed by atoms with Gasteiger partial charge in [0.2, 0.25) is 0 Å². The minimum atomic E-state index is -0.0130. The molecule has 1 aromatic carbocycles. The van der Waals surface area contributed by atoms with Crippen LogP contribution in [0.15, 0.2) is 48.7 Å². The van der Waals surface area contributed by atoms with E-state index in [9.17, 15) is 4.79 Å². The fourth-order valence-electron chi connectivity index (χ4n) is 4.43. The molecule has 0 unspecified atom stereocenters. The zero-order valence-corrected chi connectivity index (χ0v) is 16.1. The zero-order chi connectivity index (χ0) is 18.6. The number of amides is 1. The van der Waals surface area contributed by atoms with Crippen molar-refractivity contribution in [2.24, 2.45) is 0 Å². The summed E-state index contributed by atoms with van der Waals surface area (Å²) in [4.78, 5) is 20.0.